The van der Waals surface area contributed by atoms with Crippen molar-refractivity contribution in [2.75, 3.05) is 32.5 Å². The lowest BCUT2D eigenvalue weighted by Crippen LogP contribution is -2.23. The maximum Gasteiger partial charge on any atom is 0.126 e. The summed E-state index contributed by atoms with van der Waals surface area (Å²) in [5.74, 6) is -0.633. The molecule has 1 heterocycles. The van der Waals surface area contributed by atoms with Gasteiger partial charge in [0.05, 0.1) is 5.97 Å². The fourth-order valence-electron chi connectivity index (χ4n) is 1.06. The molecule has 5 heteroatoms. The van der Waals surface area contributed by atoms with Gasteiger partial charge in [-0.1, -0.05) is 0 Å². The monoisotopic (exact) mass is 208 g/mol. The molecule has 0 amide bonds. The Kier molecular flexibility index (Phi) is 4.05. The van der Waals surface area contributed by atoms with Crippen LogP contribution in [0.4, 0.5) is 5.82 Å². The molecule has 1 aromatic rings. The van der Waals surface area contributed by atoms with Gasteiger partial charge in [0, 0.05) is 24.8 Å². The molecular weight excluding hydrogens is 194 g/mol. The van der Waals surface area contributed by atoms with Gasteiger partial charge in [0.25, 0.3) is 0 Å². The fraction of sp³-hybridized carbons (Fsp3) is 0.400. The van der Waals surface area contributed by atoms with Crippen LogP contribution in [0, 0.1) is 0 Å². The number of carboxylic acid groups (broad SMARTS) is 1. The number of pyridine rings is 1. The standard InChI is InChI=1S/C10H15N3O2/c1-13(2)6-5-12-9-7-8(10(14)15)3-4-11-9/h3-4,7H,5-6H2,1-2H3,(H,11,12)(H,14,15)/p-1. The number of likely N-dealkylation sites (N-methyl/N-ethyl adjacent to an activating group) is 1. The zero-order valence-electron chi connectivity index (χ0n) is 8.86. The first kappa shape index (κ1) is 11.5. The number of aromatic nitrogens is 1. The Morgan fingerprint density at radius 2 is 2.33 bits per heavy atom. The zero-order chi connectivity index (χ0) is 11.3. The summed E-state index contributed by atoms with van der Waals surface area (Å²) in [5.41, 5.74) is 0.136. The van der Waals surface area contributed by atoms with Crippen LogP contribution >= 0.6 is 0 Å². The molecule has 1 aromatic heterocycles. The Morgan fingerprint density at radius 1 is 1.60 bits per heavy atom. The van der Waals surface area contributed by atoms with Crippen molar-refractivity contribution < 1.29 is 9.90 Å². The molecule has 0 saturated carbocycles. The number of carbonyl (C=O) groups is 1. The van der Waals surface area contributed by atoms with E-state index in [9.17, 15) is 9.90 Å². The number of hydrogen-bond acceptors (Lipinski definition) is 5. The maximum absolute atomic E-state index is 10.6. The minimum atomic E-state index is -1.19. The van der Waals surface area contributed by atoms with Gasteiger partial charge in [-0.15, -0.1) is 0 Å². The summed E-state index contributed by atoms with van der Waals surface area (Å²) in [4.78, 5) is 16.6. The lowest BCUT2D eigenvalue weighted by Gasteiger charge is -2.11. The van der Waals surface area contributed by atoms with Gasteiger partial charge in [-0.05, 0) is 26.2 Å². The van der Waals surface area contributed by atoms with Gasteiger partial charge >= 0.3 is 0 Å². The van der Waals surface area contributed by atoms with Crippen LogP contribution in [-0.4, -0.2) is 43.0 Å². The van der Waals surface area contributed by atoms with Gasteiger partial charge in [0.1, 0.15) is 5.82 Å². The number of carboxylic acids is 1. The molecular formula is C10H14N3O2-. The minimum Gasteiger partial charge on any atom is -0.545 e. The molecule has 0 aliphatic rings. The van der Waals surface area contributed by atoms with Crippen LogP contribution in [0.3, 0.4) is 0 Å². The highest BCUT2D eigenvalue weighted by atomic mass is 16.4. The van der Waals surface area contributed by atoms with Gasteiger partial charge in [0.15, 0.2) is 0 Å². The van der Waals surface area contributed by atoms with E-state index in [0.717, 1.165) is 13.1 Å². The highest BCUT2D eigenvalue weighted by Crippen LogP contribution is 2.05. The van der Waals surface area contributed by atoms with E-state index in [1.54, 1.807) is 0 Å². The Hall–Kier alpha value is -1.62. The smallest absolute Gasteiger partial charge is 0.126 e. The molecule has 0 atom stereocenters. The average Bonchev–Trinajstić information content (AvgIpc) is 2.17. The average molecular weight is 208 g/mol. The molecule has 82 valence electrons. The van der Waals surface area contributed by atoms with E-state index in [-0.39, 0.29) is 5.56 Å². The largest absolute Gasteiger partial charge is 0.545 e. The maximum atomic E-state index is 10.6. The van der Waals surface area contributed by atoms with E-state index in [1.165, 1.54) is 18.3 Å². The number of nitrogens with zero attached hydrogens (tertiary/aromatic N) is 2. The first-order valence-electron chi connectivity index (χ1n) is 4.65. The summed E-state index contributed by atoms with van der Waals surface area (Å²) in [6.07, 6.45) is 1.45. The number of aromatic carboxylic acids is 1. The molecule has 1 rings (SSSR count). The Labute approximate surface area is 88.7 Å². The second-order valence-electron chi connectivity index (χ2n) is 3.45. The highest BCUT2D eigenvalue weighted by Gasteiger charge is 1.97. The summed E-state index contributed by atoms with van der Waals surface area (Å²) < 4.78 is 0. The summed E-state index contributed by atoms with van der Waals surface area (Å²) in [6.45, 7) is 1.58. The number of anilines is 1. The number of carbonyl (C=O) groups excluding carboxylic acids is 1. The molecule has 0 bridgehead atoms. The van der Waals surface area contributed by atoms with Gasteiger partial charge in [-0.3, -0.25) is 0 Å². The topological polar surface area (TPSA) is 68.3 Å². The number of hydrogen-bond donors (Lipinski definition) is 1. The van der Waals surface area contributed by atoms with Crippen LogP contribution < -0.4 is 10.4 Å². The SMILES string of the molecule is CN(C)CCNc1cc(C(=O)[O-])ccn1. The van der Waals surface area contributed by atoms with Crippen molar-refractivity contribution in [3.8, 4) is 0 Å². The van der Waals surface area contributed by atoms with Crippen molar-refractivity contribution in [3.05, 3.63) is 23.9 Å². The van der Waals surface area contributed by atoms with Crippen molar-refractivity contribution in [3.63, 3.8) is 0 Å². The molecule has 0 radical (unpaired) electrons. The van der Waals surface area contributed by atoms with Crippen LogP contribution in [0.25, 0.3) is 0 Å². The highest BCUT2D eigenvalue weighted by molar-refractivity contribution is 5.86. The van der Waals surface area contributed by atoms with Crippen LogP contribution in [0.2, 0.25) is 0 Å². The lowest BCUT2D eigenvalue weighted by molar-refractivity contribution is -0.255. The Bertz CT molecular complexity index is 339. The van der Waals surface area contributed by atoms with Crippen molar-refractivity contribution in [1.82, 2.24) is 9.88 Å². The molecule has 0 aliphatic heterocycles. The van der Waals surface area contributed by atoms with Crippen molar-refractivity contribution in [2.24, 2.45) is 0 Å². The first-order valence-corrected chi connectivity index (χ1v) is 4.65. The Balaban J connectivity index is 2.54. The van der Waals surface area contributed by atoms with Gasteiger partial charge in [-0.25, -0.2) is 4.98 Å². The molecule has 0 saturated heterocycles. The zero-order valence-corrected chi connectivity index (χ0v) is 8.86. The van der Waals surface area contributed by atoms with Crippen LogP contribution in [0.15, 0.2) is 18.3 Å². The fourth-order valence-corrected chi connectivity index (χ4v) is 1.06. The van der Waals surface area contributed by atoms with E-state index in [1.807, 2.05) is 19.0 Å². The molecule has 0 aliphatic carbocycles. The minimum absolute atomic E-state index is 0.136. The number of nitrogens with one attached hydrogen (secondary N) is 1. The molecule has 0 fully saturated rings. The Morgan fingerprint density at radius 3 is 2.93 bits per heavy atom. The lowest BCUT2D eigenvalue weighted by atomic mass is 10.2. The van der Waals surface area contributed by atoms with Crippen LogP contribution in [-0.2, 0) is 0 Å². The van der Waals surface area contributed by atoms with Crippen molar-refractivity contribution >= 4 is 11.8 Å². The summed E-state index contributed by atoms with van der Waals surface area (Å²) in [7, 11) is 3.93. The summed E-state index contributed by atoms with van der Waals surface area (Å²) in [5, 5.41) is 13.6. The summed E-state index contributed by atoms with van der Waals surface area (Å²) >= 11 is 0. The molecule has 5 nitrogen and oxygen atoms in total. The molecule has 0 unspecified atom stereocenters. The molecule has 0 aromatic carbocycles. The van der Waals surface area contributed by atoms with Gasteiger partial charge in [-0.2, -0.15) is 0 Å². The van der Waals surface area contributed by atoms with Crippen molar-refractivity contribution in [1.29, 1.82) is 0 Å². The van der Waals surface area contributed by atoms with Crippen LogP contribution in [0.5, 0.6) is 0 Å². The third-order valence-corrected chi connectivity index (χ3v) is 1.86. The van der Waals surface area contributed by atoms with E-state index < -0.39 is 5.97 Å². The van der Waals surface area contributed by atoms with Gasteiger partial charge in [0.2, 0.25) is 0 Å². The molecule has 15 heavy (non-hydrogen) atoms. The predicted molar refractivity (Wildman–Crippen MR) is 55.6 cm³/mol. The second-order valence-corrected chi connectivity index (χ2v) is 3.45. The van der Waals surface area contributed by atoms with Gasteiger partial charge < -0.3 is 20.1 Å². The van der Waals surface area contributed by atoms with Crippen molar-refractivity contribution in [2.45, 2.75) is 0 Å². The normalized spacial score (nSPS) is 10.3. The van der Waals surface area contributed by atoms with Crippen LogP contribution in [0.1, 0.15) is 10.4 Å². The van der Waals surface area contributed by atoms with E-state index in [0.29, 0.717) is 5.82 Å². The molecule has 0 spiro atoms. The second kappa shape index (κ2) is 5.31. The summed E-state index contributed by atoms with van der Waals surface area (Å²) in [6, 6.07) is 2.87. The third-order valence-electron chi connectivity index (χ3n) is 1.86. The van der Waals surface area contributed by atoms with E-state index in [4.69, 9.17) is 0 Å². The first-order chi connectivity index (χ1) is 7.09. The predicted octanol–water partition coefficient (Wildman–Crippen LogP) is -0.581. The van der Waals surface area contributed by atoms with E-state index >= 15 is 0 Å². The third kappa shape index (κ3) is 3.95. The number of rotatable bonds is 5. The van der Waals surface area contributed by atoms with E-state index in [2.05, 4.69) is 10.3 Å². The molecule has 1 N–H and O–H groups in total. The quantitative estimate of drug-likeness (QED) is 0.701.